The SMILES string of the molecule is CNC(=O)C(C)(O)N(c1ccccc1/C=C/c1cc[n+]([O-])cc1)S(=O)(=O)c1ccc(OC)cc1. The Bertz CT molecular complexity index is 1290. The summed E-state index contributed by atoms with van der Waals surface area (Å²) in [7, 11) is -1.65. The van der Waals surface area contributed by atoms with Crippen LogP contribution in [-0.2, 0) is 14.8 Å². The number of ether oxygens (including phenoxy) is 1. The molecule has 34 heavy (non-hydrogen) atoms. The summed E-state index contributed by atoms with van der Waals surface area (Å²) in [6.45, 7) is 1.11. The number of likely N-dealkylation sites (N-methyl/N-ethyl adjacent to an activating group) is 1. The third-order valence-corrected chi connectivity index (χ3v) is 6.99. The van der Waals surface area contributed by atoms with Crippen LogP contribution in [0.2, 0.25) is 0 Å². The summed E-state index contributed by atoms with van der Waals surface area (Å²) in [5, 5.41) is 24.8. The van der Waals surface area contributed by atoms with E-state index in [9.17, 15) is 23.5 Å². The van der Waals surface area contributed by atoms with E-state index in [1.54, 1.807) is 42.5 Å². The highest BCUT2D eigenvalue weighted by atomic mass is 32.2. The van der Waals surface area contributed by atoms with Crippen LogP contribution in [0.25, 0.3) is 12.2 Å². The van der Waals surface area contributed by atoms with Gasteiger partial charge in [-0.15, -0.1) is 0 Å². The van der Waals surface area contributed by atoms with Crippen molar-refractivity contribution in [2.24, 2.45) is 0 Å². The molecule has 0 spiro atoms. The van der Waals surface area contributed by atoms with Gasteiger partial charge in [-0.3, -0.25) is 4.79 Å². The number of aliphatic hydroxyl groups is 1. The van der Waals surface area contributed by atoms with E-state index >= 15 is 0 Å². The van der Waals surface area contributed by atoms with Gasteiger partial charge in [0.1, 0.15) is 5.75 Å². The van der Waals surface area contributed by atoms with Crippen LogP contribution in [0.5, 0.6) is 5.75 Å². The monoisotopic (exact) mass is 483 g/mol. The first-order chi connectivity index (χ1) is 16.1. The van der Waals surface area contributed by atoms with Crippen LogP contribution in [0.4, 0.5) is 5.69 Å². The first-order valence-electron chi connectivity index (χ1n) is 10.2. The third kappa shape index (κ3) is 5.03. The molecule has 9 nitrogen and oxygen atoms in total. The number of pyridine rings is 1. The van der Waals surface area contributed by atoms with Crippen LogP contribution in [-0.4, -0.2) is 39.3 Å². The van der Waals surface area contributed by atoms with Gasteiger partial charge in [0, 0.05) is 19.2 Å². The molecule has 3 rings (SSSR count). The molecular formula is C24H25N3O6S. The molecule has 1 heterocycles. The van der Waals surface area contributed by atoms with Crippen molar-refractivity contribution in [2.75, 3.05) is 18.5 Å². The van der Waals surface area contributed by atoms with Gasteiger partial charge in [0.2, 0.25) is 5.72 Å². The molecule has 0 saturated heterocycles. The number of benzene rings is 2. The predicted molar refractivity (Wildman–Crippen MR) is 128 cm³/mol. The van der Waals surface area contributed by atoms with E-state index in [0.717, 1.165) is 6.92 Å². The molecule has 0 aliphatic rings. The van der Waals surface area contributed by atoms with Crippen molar-refractivity contribution in [2.45, 2.75) is 17.5 Å². The number of hydrogen-bond acceptors (Lipinski definition) is 6. The second-order valence-corrected chi connectivity index (χ2v) is 9.22. The van der Waals surface area contributed by atoms with Gasteiger partial charge in [0.25, 0.3) is 15.9 Å². The predicted octanol–water partition coefficient (Wildman–Crippen LogP) is 2.15. The molecule has 2 aromatic carbocycles. The zero-order valence-corrected chi connectivity index (χ0v) is 19.7. The first-order valence-corrected chi connectivity index (χ1v) is 11.6. The van der Waals surface area contributed by atoms with Crippen molar-refractivity contribution in [3.05, 3.63) is 89.4 Å². The number of carbonyl (C=O) groups excluding carboxylic acids is 1. The maximum Gasteiger partial charge on any atom is 0.273 e. The number of sulfonamides is 1. The quantitative estimate of drug-likeness (QED) is 0.288. The lowest BCUT2D eigenvalue weighted by Crippen LogP contribution is -2.59. The van der Waals surface area contributed by atoms with Gasteiger partial charge in [-0.05, 0) is 48.4 Å². The van der Waals surface area contributed by atoms with Gasteiger partial charge in [-0.25, -0.2) is 12.7 Å². The van der Waals surface area contributed by atoms with E-state index in [1.807, 2.05) is 0 Å². The van der Waals surface area contributed by atoms with Gasteiger partial charge < -0.3 is 20.4 Å². The Morgan fingerprint density at radius 1 is 1.09 bits per heavy atom. The van der Waals surface area contributed by atoms with Crippen molar-refractivity contribution >= 4 is 33.8 Å². The summed E-state index contributed by atoms with van der Waals surface area (Å²) in [5.41, 5.74) is -1.26. The molecule has 0 saturated carbocycles. The molecule has 2 N–H and O–H groups in total. The normalized spacial score (nSPS) is 13.3. The van der Waals surface area contributed by atoms with Crippen LogP contribution in [0.15, 0.2) is 78.0 Å². The summed E-state index contributed by atoms with van der Waals surface area (Å²) in [5.74, 6) is -0.458. The lowest BCUT2D eigenvalue weighted by Gasteiger charge is -2.36. The second kappa shape index (κ2) is 9.94. The third-order valence-electron chi connectivity index (χ3n) is 5.09. The van der Waals surface area contributed by atoms with Crippen LogP contribution in [0.3, 0.4) is 0 Å². The average molecular weight is 484 g/mol. The Kier molecular flexibility index (Phi) is 7.23. The molecule has 0 aliphatic heterocycles. The lowest BCUT2D eigenvalue weighted by molar-refractivity contribution is -0.605. The highest BCUT2D eigenvalue weighted by Gasteiger charge is 2.45. The van der Waals surface area contributed by atoms with E-state index in [1.165, 1.54) is 56.9 Å². The average Bonchev–Trinajstić information content (AvgIpc) is 2.83. The van der Waals surface area contributed by atoms with E-state index in [-0.39, 0.29) is 10.6 Å². The fourth-order valence-electron chi connectivity index (χ4n) is 3.32. The number of aromatic nitrogens is 1. The first kappa shape index (κ1) is 24.7. The molecule has 1 atom stereocenters. The summed E-state index contributed by atoms with van der Waals surface area (Å²) in [6.07, 6.45) is 5.99. The topological polar surface area (TPSA) is 123 Å². The number of nitrogens with one attached hydrogen (secondary N) is 1. The summed E-state index contributed by atoms with van der Waals surface area (Å²) >= 11 is 0. The molecule has 1 amide bonds. The fourth-order valence-corrected chi connectivity index (χ4v) is 4.98. The molecule has 1 unspecified atom stereocenters. The van der Waals surface area contributed by atoms with Gasteiger partial charge >= 0.3 is 0 Å². The molecule has 0 aliphatic carbocycles. The smallest absolute Gasteiger partial charge is 0.273 e. The van der Waals surface area contributed by atoms with Crippen LogP contribution >= 0.6 is 0 Å². The molecule has 0 fully saturated rings. The zero-order valence-electron chi connectivity index (χ0n) is 18.9. The molecule has 0 bridgehead atoms. The minimum atomic E-state index is -4.41. The Labute approximate surface area is 198 Å². The van der Waals surface area contributed by atoms with E-state index < -0.39 is 21.7 Å². The molecule has 178 valence electrons. The van der Waals surface area contributed by atoms with Gasteiger partial charge in [-0.2, -0.15) is 4.73 Å². The van der Waals surface area contributed by atoms with E-state index in [2.05, 4.69) is 5.32 Å². The van der Waals surface area contributed by atoms with Crippen molar-refractivity contribution < 1.29 is 27.8 Å². The number of methoxy groups -OCH3 is 1. The van der Waals surface area contributed by atoms with Gasteiger partial charge in [-0.1, -0.05) is 30.4 Å². The molecular weight excluding hydrogens is 458 g/mol. The number of hydrogen-bond donors (Lipinski definition) is 2. The Morgan fingerprint density at radius 2 is 1.71 bits per heavy atom. The number of para-hydroxylation sites is 1. The minimum absolute atomic E-state index is 0.0815. The zero-order chi connectivity index (χ0) is 24.9. The molecule has 3 aromatic rings. The number of rotatable bonds is 8. The fraction of sp³-hybridized carbons (Fsp3) is 0.167. The molecule has 0 radical (unpaired) electrons. The largest absolute Gasteiger partial charge is 0.619 e. The van der Waals surface area contributed by atoms with Crippen molar-refractivity contribution in [3.8, 4) is 5.75 Å². The number of carbonyl (C=O) groups is 1. The Hall–Kier alpha value is -3.89. The minimum Gasteiger partial charge on any atom is -0.619 e. The van der Waals surface area contributed by atoms with Crippen LogP contribution in [0, 0.1) is 5.21 Å². The van der Waals surface area contributed by atoms with Gasteiger partial charge in [0.05, 0.1) is 17.7 Å². The maximum atomic E-state index is 13.7. The van der Waals surface area contributed by atoms with Gasteiger partial charge in [0.15, 0.2) is 12.4 Å². The Morgan fingerprint density at radius 3 is 2.29 bits per heavy atom. The highest BCUT2D eigenvalue weighted by Crippen LogP contribution is 2.34. The lowest BCUT2D eigenvalue weighted by atomic mass is 10.1. The van der Waals surface area contributed by atoms with Crippen molar-refractivity contribution in [3.63, 3.8) is 0 Å². The van der Waals surface area contributed by atoms with Crippen LogP contribution in [0.1, 0.15) is 18.1 Å². The number of anilines is 1. The van der Waals surface area contributed by atoms with E-state index in [4.69, 9.17) is 4.74 Å². The van der Waals surface area contributed by atoms with Crippen LogP contribution < -0.4 is 19.1 Å². The molecule has 1 aromatic heterocycles. The summed E-state index contributed by atoms with van der Waals surface area (Å²) < 4.78 is 33.9. The standard InChI is InChI=1S/C24H25N3O6S/c1-24(29,23(28)25-2)27(34(31,32)21-12-10-20(33-3)11-13-21)22-7-5-4-6-19(22)9-8-18-14-16-26(30)17-15-18/h4-17,29H,1-3H3,(H,25,28)/b9-8+. The second-order valence-electron chi connectivity index (χ2n) is 7.43. The van der Waals surface area contributed by atoms with E-state index in [0.29, 0.717) is 25.9 Å². The van der Waals surface area contributed by atoms with Crippen molar-refractivity contribution in [1.29, 1.82) is 0 Å². The Balaban J connectivity index is 2.18. The van der Waals surface area contributed by atoms with Crippen molar-refractivity contribution in [1.82, 2.24) is 5.32 Å². The summed E-state index contributed by atoms with van der Waals surface area (Å²) in [4.78, 5) is 12.5. The summed E-state index contributed by atoms with van der Waals surface area (Å²) in [6, 6.07) is 15.3. The number of amides is 1. The number of nitrogens with zero attached hydrogens (tertiary/aromatic N) is 2. The maximum absolute atomic E-state index is 13.7. The highest BCUT2D eigenvalue weighted by molar-refractivity contribution is 7.93. The molecule has 10 heteroatoms.